The van der Waals surface area contributed by atoms with Gasteiger partial charge >= 0.3 is 5.97 Å². The molecular weight excluding hydrogens is 420 g/mol. The van der Waals surface area contributed by atoms with Gasteiger partial charge in [0.25, 0.3) is 5.91 Å². The zero-order chi connectivity index (χ0) is 23.6. The molecule has 3 aromatic carbocycles. The summed E-state index contributed by atoms with van der Waals surface area (Å²) in [6.45, 7) is 3.50. The predicted molar refractivity (Wildman–Crippen MR) is 126 cm³/mol. The average Bonchev–Trinajstić information content (AvgIpc) is 2.80. The van der Waals surface area contributed by atoms with E-state index in [1.807, 2.05) is 50.2 Å². The van der Waals surface area contributed by atoms with Gasteiger partial charge < -0.3 is 20.1 Å². The van der Waals surface area contributed by atoms with Gasteiger partial charge in [-0.05, 0) is 61.9 Å². The second kappa shape index (κ2) is 11.5. The first-order chi connectivity index (χ1) is 15.9. The Kier molecular flexibility index (Phi) is 8.18. The molecule has 0 fully saturated rings. The summed E-state index contributed by atoms with van der Waals surface area (Å²) in [6.07, 6.45) is -0.183. The minimum atomic E-state index is -0.619. The molecule has 2 N–H and O–H groups in total. The van der Waals surface area contributed by atoms with Crippen molar-refractivity contribution in [2.45, 2.75) is 26.7 Å². The quantitative estimate of drug-likeness (QED) is 0.451. The molecule has 170 valence electrons. The zero-order valence-corrected chi connectivity index (χ0v) is 18.6. The van der Waals surface area contributed by atoms with Gasteiger partial charge in [0.2, 0.25) is 5.91 Å². The van der Waals surface area contributed by atoms with Gasteiger partial charge in [0.15, 0.2) is 6.61 Å². The van der Waals surface area contributed by atoms with Gasteiger partial charge in [-0.1, -0.05) is 35.9 Å². The molecule has 0 aliphatic carbocycles. The lowest BCUT2D eigenvalue weighted by atomic mass is 10.2. The Morgan fingerprint density at radius 2 is 1.33 bits per heavy atom. The Balaban J connectivity index is 1.37. The fraction of sp³-hybridized carbons (Fsp3) is 0.192. The number of rotatable bonds is 9. The van der Waals surface area contributed by atoms with E-state index in [-0.39, 0.29) is 18.7 Å². The molecule has 7 heteroatoms. The first-order valence-corrected chi connectivity index (χ1v) is 10.5. The minimum Gasteiger partial charge on any atom is -0.457 e. The fourth-order valence-corrected chi connectivity index (χ4v) is 2.90. The highest BCUT2D eigenvalue weighted by molar-refractivity contribution is 5.94. The summed E-state index contributed by atoms with van der Waals surface area (Å²) in [6, 6.07) is 21.9. The Labute approximate surface area is 192 Å². The Hall–Kier alpha value is -4.13. The third-order valence-electron chi connectivity index (χ3n) is 4.72. The minimum absolute atomic E-state index is 0.0557. The van der Waals surface area contributed by atoms with Crippen LogP contribution in [0.4, 0.5) is 11.4 Å². The van der Waals surface area contributed by atoms with Gasteiger partial charge in [0.1, 0.15) is 11.5 Å². The molecular formula is C26H26N2O5. The van der Waals surface area contributed by atoms with E-state index in [1.165, 1.54) is 0 Å². The van der Waals surface area contributed by atoms with Crippen LogP contribution in [0.3, 0.4) is 0 Å². The van der Waals surface area contributed by atoms with Crippen molar-refractivity contribution < 1.29 is 23.9 Å². The molecule has 0 saturated carbocycles. The van der Waals surface area contributed by atoms with E-state index in [9.17, 15) is 14.4 Å². The molecule has 0 aliphatic heterocycles. The number of amides is 2. The van der Waals surface area contributed by atoms with E-state index in [2.05, 4.69) is 10.6 Å². The fourth-order valence-electron chi connectivity index (χ4n) is 2.90. The van der Waals surface area contributed by atoms with Gasteiger partial charge in [0.05, 0.1) is 6.42 Å². The van der Waals surface area contributed by atoms with Crippen molar-refractivity contribution in [3.63, 3.8) is 0 Å². The molecule has 0 aromatic heterocycles. The molecule has 0 saturated heterocycles. The summed E-state index contributed by atoms with van der Waals surface area (Å²) in [5.41, 5.74) is 3.30. The first-order valence-electron chi connectivity index (χ1n) is 10.5. The van der Waals surface area contributed by atoms with Crippen LogP contribution in [0.25, 0.3) is 0 Å². The second-order valence-electron chi connectivity index (χ2n) is 7.51. The number of hydrogen-bond acceptors (Lipinski definition) is 5. The smallest absolute Gasteiger partial charge is 0.306 e. The third-order valence-corrected chi connectivity index (χ3v) is 4.72. The standard InChI is InChI=1S/C26H26N2O5/c1-18-7-9-20(10-8-18)28-25(30)17-32-26(31)16-15-24(29)27-21-11-13-22(14-12-21)33-23-6-4-3-5-19(23)2/h3-14H,15-17H2,1-2H3,(H,27,29)(H,28,30). The number of carbonyl (C=O) groups is 3. The van der Waals surface area contributed by atoms with Crippen LogP contribution in [0.5, 0.6) is 11.5 Å². The summed E-state index contributed by atoms with van der Waals surface area (Å²) in [4.78, 5) is 35.8. The molecule has 3 aromatic rings. The van der Waals surface area contributed by atoms with Crippen molar-refractivity contribution in [3.8, 4) is 11.5 Å². The van der Waals surface area contributed by atoms with Crippen LogP contribution < -0.4 is 15.4 Å². The maximum atomic E-state index is 12.1. The van der Waals surface area contributed by atoms with E-state index >= 15 is 0 Å². The molecule has 7 nitrogen and oxygen atoms in total. The number of benzene rings is 3. The maximum Gasteiger partial charge on any atom is 0.306 e. The predicted octanol–water partition coefficient (Wildman–Crippen LogP) is 5.00. The number of carbonyl (C=O) groups excluding carboxylic acids is 3. The van der Waals surface area contributed by atoms with Crippen LogP contribution in [0.15, 0.2) is 72.8 Å². The topological polar surface area (TPSA) is 93.7 Å². The largest absolute Gasteiger partial charge is 0.457 e. The number of para-hydroxylation sites is 1. The number of nitrogens with one attached hydrogen (secondary N) is 2. The highest BCUT2D eigenvalue weighted by Gasteiger charge is 2.11. The summed E-state index contributed by atoms with van der Waals surface area (Å²) in [7, 11) is 0. The number of anilines is 2. The second-order valence-corrected chi connectivity index (χ2v) is 7.51. The van der Waals surface area contributed by atoms with Gasteiger partial charge in [-0.15, -0.1) is 0 Å². The van der Waals surface area contributed by atoms with Gasteiger partial charge in [0, 0.05) is 17.8 Å². The summed E-state index contributed by atoms with van der Waals surface area (Å²) >= 11 is 0. The van der Waals surface area contributed by atoms with E-state index < -0.39 is 18.5 Å². The lowest BCUT2D eigenvalue weighted by Gasteiger charge is -2.10. The van der Waals surface area contributed by atoms with Crippen LogP contribution in [-0.4, -0.2) is 24.4 Å². The van der Waals surface area contributed by atoms with E-state index in [0.29, 0.717) is 17.1 Å². The average molecular weight is 447 g/mol. The number of aryl methyl sites for hydroxylation is 2. The van der Waals surface area contributed by atoms with Crippen molar-refractivity contribution in [1.29, 1.82) is 0 Å². The van der Waals surface area contributed by atoms with Crippen molar-refractivity contribution >= 4 is 29.2 Å². The van der Waals surface area contributed by atoms with Crippen molar-refractivity contribution in [2.24, 2.45) is 0 Å². The van der Waals surface area contributed by atoms with Gasteiger partial charge in [-0.25, -0.2) is 0 Å². The molecule has 0 atom stereocenters. The summed E-state index contributed by atoms with van der Waals surface area (Å²) in [5, 5.41) is 5.36. The number of esters is 1. The van der Waals surface area contributed by atoms with E-state index in [0.717, 1.165) is 16.9 Å². The zero-order valence-electron chi connectivity index (χ0n) is 18.6. The first kappa shape index (κ1) is 23.5. The molecule has 0 radical (unpaired) electrons. The lowest BCUT2D eigenvalue weighted by Crippen LogP contribution is -2.21. The Morgan fingerprint density at radius 3 is 2.00 bits per heavy atom. The molecule has 0 unspecified atom stereocenters. The Bertz CT molecular complexity index is 1110. The van der Waals surface area contributed by atoms with Crippen LogP contribution in [0.2, 0.25) is 0 Å². The normalized spacial score (nSPS) is 10.2. The highest BCUT2D eigenvalue weighted by Crippen LogP contribution is 2.25. The molecule has 0 bridgehead atoms. The van der Waals surface area contributed by atoms with Gasteiger partial charge in [-0.3, -0.25) is 14.4 Å². The molecule has 33 heavy (non-hydrogen) atoms. The summed E-state index contributed by atoms with van der Waals surface area (Å²) in [5.74, 6) is 0.0228. The third kappa shape index (κ3) is 7.81. The summed E-state index contributed by atoms with van der Waals surface area (Å²) < 4.78 is 10.8. The van der Waals surface area contributed by atoms with Crippen molar-refractivity contribution in [3.05, 3.63) is 83.9 Å². The highest BCUT2D eigenvalue weighted by atomic mass is 16.5. The monoisotopic (exact) mass is 446 g/mol. The van der Waals surface area contributed by atoms with Gasteiger partial charge in [-0.2, -0.15) is 0 Å². The number of ether oxygens (including phenoxy) is 2. The molecule has 3 rings (SSSR count). The number of hydrogen-bond donors (Lipinski definition) is 2. The molecule has 0 aliphatic rings. The lowest BCUT2D eigenvalue weighted by molar-refractivity contribution is -0.147. The van der Waals surface area contributed by atoms with E-state index in [4.69, 9.17) is 9.47 Å². The maximum absolute atomic E-state index is 12.1. The molecule has 2 amide bonds. The molecule has 0 heterocycles. The molecule has 0 spiro atoms. The van der Waals surface area contributed by atoms with E-state index in [1.54, 1.807) is 36.4 Å². The van der Waals surface area contributed by atoms with Crippen LogP contribution in [0.1, 0.15) is 24.0 Å². The Morgan fingerprint density at radius 1 is 0.727 bits per heavy atom. The van der Waals surface area contributed by atoms with Crippen LogP contribution in [-0.2, 0) is 19.1 Å². The SMILES string of the molecule is Cc1ccc(NC(=O)COC(=O)CCC(=O)Nc2ccc(Oc3ccccc3C)cc2)cc1. The van der Waals surface area contributed by atoms with Crippen LogP contribution >= 0.6 is 0 Å². The van der Waals surface area contributed by atoms with Crippen molar-refractivity contribution in [2.75, 3.05) is 17.2 Å². The van der Waals surface area contributed by atoms with Crippen molar-refractivity contribution in [1.82, 2.24) is 0 Å². The van der Waals surface area contributed by atoms with Crippen LogP contribution in [0, 0.1) is 13.8 Å².